The molecule has 7 nitrogen and oxygen atoms in total. The van der Waals surface area contributed by atoms with E-state index in [1.54, 1.807) is 18.2 Å². The van der Waals surface area contributed by atoms with Gasteiger partial charge in [0.1, 0.15) is 0 Å². The van der Waals surface area contributed by atoms with E-state index in [2.05, 4.69) is 10.6 Å². The van der Waals surface area contributed by atoms with Crippen LogP contribution in [0.4, 0.5) is 16.2 Å². The number of aliphatic hydroxyl groups excluding tert-OH is 1. The Bertz CT molecular complexity index is 701. The van der Waals surface area contributed by atoms with Crippen LogP contribution in [0.3, 0.4) is 0 Å². The van der Waals surface area contributed by atoms with Gasteiger partial charge in [0.25, 0.3) is 5.69 Å². The smallest absolute Gasteiger partial charge is 0.319 e. The van der Waals surface area contributed by atoms with E-state index in [4.69, 9.17) is 0 Å². The molecular weight excluding hydrogens is 298 g/mol. The quantitative estimate of drug-likeness (QED) is 0.583. The van der Waals surface area contributed by atoms with Crippen molar-refractivity contribution in [2.45, 2.75) is 13.0 Å². The van der Waals surface area contributed by atoms with Crippen LogP contribution < -0.4 is 10.6 Å². The number of nitro benzene ring substituents is 1. The first-order valence-electron chi connectivity index (χ1n) is 6.99. The average Bonchev–Trinajstić information content (AvgIpc) is 2.53. The van der Waals surface area contributed by atoms with Crippen molar-refractivity contribution in [1.29, 1.82) is 0 Å². The number of hydrogen-bond acceptors (Lipinski definition) is 4. The van der Waals surface area contributed by atoms with Gasteiger partial charge < -0.3 is 15.7 Å². The summed E-state index contributed by atoms with van der Waals surface area (Å²) >= 11 is 0. The lowest BCUT2D eigenvalue weighted by atomic mass is 10.1. The molecule has 0 spiro atoms. The molecule has 0 aliphatic carbocycles. The van der Waals surface area contributed by atoms with Crippen molar-refractivity contribution in [1.82, 2.24) is 5.32 Å². The Morgan fingerprint density at radius 3 is 2.61 bits per heavy atom. The van der Waals surface area contributed by atoms with Gasteiger partial charge in [-0.1, -0.05) is 35.9 Å². The molecule has 1 atom stereocenters. The topological polar surface area (TPSA) is 104 Å². The molecule has 2 amide bonds. The molecule has 0 aliphatic heterocycles. The molecule has 0 radical (unpaired) electrons. The summed E-state index contributed by atoms with van der Waals surface area (Å²) in [5.41, 5.74) is 1.98. The van der Waals surface area contributed by atoms with E-state index in [9.17, 15) is 20.0 Å². The maximum atomic E-state index is 11.8. The highest BCUT2D eigenvalue weighted by Crippen LogP contribution is 2.17. The van der Waals surface area contributed by atoms with Crippen LogP contribution in [0, 0.1) is 17.0 Å². The van der Waals surface area contributed by atoms with E-state index in [-0.39, 0.29) is 12.2 Å². The number of carbonyl (C=O) groups is 1. The van der Waals surface area contributed by atoms with Crippen molar-refractivity contribution in [3.63, 3.8) is 0 Å². The summed E-state index contributed by atoms with van der Waals surface area (Å²) in [5.74, 6) is 0. The zero-order valence-corrected chi connectivity index (χ0v) is 12.5. The molecule has 0 saturated carbocycles. The van der Waals surface area contributed by atoms with Gasteiger partial charge >= 0.3 is 6.03 Å². The van der Waals surface area contributed by atoms with Crippen LogP contribution in [-0.4, -0.2) is 22.6 Å². The summed E-state index contributed by atoms with van der Waals surface area (Å²) in [4.78, 5) is 21.9. The minimum absolute atomic E-state index is 0.0316. The molecule has 0 bridgehead atoms. The largest absolute Gasteiger partial charge is 0.387 e. The van der Waals surface area contributed by atoms with Crippen molar-refractivity contribution in [3.05, 3.63) is 69.8 Å². The maximum Gasteiger partial charge on any atom is 0.319 e. The van der Waals surface area contributed by atoms with Crippen molar-refractivity contribution in [2.75, 3.05) is 11.9 Å². The molecule has 0 aromatic heterocycles. The van der Waals surface area contributed by atoms with Gasteiger partial charge in [0.15, 0.2) is 0 Å². The van der Waals surface area contributed by atoms with Crippen molar-refractivity contribution in [3.8, 4) is 0 Å². The minimum atomic E-state index is -0.827. The fourth-order valence-electron chi connectivity index (χ4n) is 1.97. The number of nitrogens with one attached hydrogen (secondary N) is 2. The molecule has 2 aromatic rings. The normalized spacial score (nSPS) is 11.6. The summed E-state index contributed by atoms with van der Waals surface area (Å²) in [6.45, 7) is 1.98. The van der Waals surface area contributed by atoms with Gasteiger partial charge in [0.2, 0.25) is 0 Å². The predicted octanol–water partition coefficient (Wildman–Crippen LogP) is 2.76. The highest BCUT2D eigenvalue weighted by molar-refractivity contribution is 5.89. The van der Waals surface area contributed by atoms with E-state index in [0.717, 1.165) is 5.56 Å². The Kier molecular flexibility index (Phi) is 5.27. The van der Waals surface area contributed by atoms with Gasteiger partial charge in [-0.05, 0) is 18.6 Å². The second kappa shape index (κ2) is 7.37. The lowest BCUT2D eigenvalue weighted by Crippen LogP contribution is -2.32. The number of nitro groups is 1. The van der Waals surface area contributed by atoms with Crippen LogP contribution in [0.2, 0.25) is 0 Å². The molecule has 7 heteroatoms. The Labute approximate surface area is 133 Å². The SMILES string of the molecule is Cc1ccc(C(O)CNC(=O)Nc2cccc([N+](=O)[O-])c2)cc1. The molecule has 1 unspecified atom stereocenters. The number of hydrogen-bond donors (Lipinski definition) is 3. The summed E-state index contributed by atoms with van der Waals surface area (Å²) in [6.07, 6.45) is -0.827. The van der Waals surface area contributed by atoms with Crippen LogP contribution >= 0.6 is 0 Å². The minimum Gasteiger partial charge on any atom is -0.387 e. The first-order chi connectivity index (χ1) is 11.0. The Balaban J connectivity index is 1.88. The molecule has 120 valence electrons. The third-order valence-electron chi connectivity index (χ3n) is 3.23. The monoisotopic (exact) mass is 315 g/mol. The lowest BCUT2D eigenvalue weighted by molar-refractivity contribution is -0.384. The van der Waals surface area contributed by atoms with Crippen molar-refractivity contribution in [2.24, 2.45) is 0 Å². The van der Waals surface area contributed by atoms with E-state index in [1.807, 2.05) is 19.1 Å². The van der Waals surface area contributed by atoms with Gasteiger partial charge in [-0.3, -0.25) is 10.1 Å². The van der Waals surface area contributed by atoms with Crippen LogP contribution in [-0.2, 0) is 0 Å². The second-order valence-electron chi connectivity index (χ2n) is 5.07. The van der Waals surface area contributed by atoms with Gasteiger partial charge in [0, 0.05) is 24.4 Å². The molecular formula is C16H17N3O4. The Morgan fingerprint density at radius 2 is 1.96 bits per heavy atom. The van der Waals surface area contributed by atoms with Crippen molar-refractivity contribution >= 4 is 17.4 Å². The zero-order chi connectivity index (χ0) is 16.8. The predicted molar refractivity (Wildman–Crippen MR) is 86.3 cm³/mol. The molecule has 23 heavy (non-hydrogen) atoms. The summed E-state index contributed by atoms with van der Waals surface area (Å²) < 4.78 is 0. The highest BCUT2D eigenvalue weighted by Gasteiger charge is 2.11. The number of amides is 2. The van der Waals surface area contributed by atoms with E-state index in [1.165, 1.54) is 18.2 Å². The molecule has 0 saturated heterocycles. The standard InChI is InChI=1S/C16H17N3O4/c1-11-5-7-12(8-6-11)15(20)10-17-16(21)18-13-3-2-4-14(9-13)19(22)23/h2-9,15,20H,10H2,1H3,(H2,17,18,21). The number of aryl methyl sites for hydroxylation is 1. The Morgan fingerprint density at radius 1 is 1.26 bits per heavy atom. The molecule has 0 heterocycles. The third-order valence-corrected chi connectivity index (χ3v) is 3.23. The first-order valence-corrected chi connectivity index (χ1v) is 6.99. The van der Waals surface area contributed by atoms with Gasteiger partial charge in [-0.2, -0.15) is 0 Å². The molecule has 2 rings (SSSR count). The third kappa shape index (κ3) is 4.79. The number of rotatable bonds is 5. The number of non-ortho nitro benzene ring substituents is 1. The number of aliphatic hydroxyl groups is 1. The van der Waals surface area contributed by atoms with E-state index in [0.29, 0.717) is 11.3 Å². The fourth-order valence-corrected chi connectivity index (χ4v) is 1.97. The molecule has 3 N–H and O–H groups in total. The molecule has 0 aliphatic rings. The van der Waals surface area contributed by atoms with E-state index < -0.39 is 17.1 Å². The van der Waals surface area contributed by atoms with Gasteiger partial charge in [-0.25, -0.2) is 4.79 Å². The van der Waals surface area contributed by atoms with Crippen LogP contribution in [0.15, 0.2) is 48.5 Å². The summed E-state index contributed by atoms with van der Waals surface area (Å²) in [6, 6.07) is 12.4. The van der Waals surface area contributed by atoms with Crippen LogP contribution in [0.25, 0.3) is 0 Å². The molecule has 2 aromatic carbocycles. The maximum absolute atomic E-state index is 11.8. The molecule has 0 fully saturated rings. The number of urea groups is 1. The average molecular weight is 315 g/mol. The van der Waals surface area contributed by atoms with E-state index >= 15 is 0 Å². The number of benzene rings is 2. The first kappa shape index (κ1) is 16.4. The number of nitrogens with zero attached hydrogens (tertiary/aromatic N) is 1. The second-order valence-corrected chi connectivity index (χ2v) is 5.07. The fraction of sp³-hybridized carbons (Fsp3) is 0.188. The van der Waals surface area contributed by atoms with Gasteiger partial charge in [-0.15, -0.1) is 0 Å². The summed E-state index contributed by atoms with van der Waals surface area (Å²) in [7, 11) is 0. The van der Waals surface area contributed by atoms with Crippen LogP contribution in [0.1, 0.15) is 17.2 Å². The highest BCUT2D eigenvalue weighted by atomic mass is 16.6. The van der Waals surface area contributed by atoms with Crippen LogP contribution in [0.5, 0.6) is 0 Å². The zero-order valence-electron chi connectivity index (χ0n) is 12.5. The van der Waals surface area contributed by atoms with Gasteiger partial charge in [0.05, 0.1) is 11.0 Å². The Hall–Kier alpha value is -2.93. The summed E-state index contributed by atoms with van der Waals surface area (Å²) in [5, 5.41) is 25.7. The lowest BCUT2D eigenvalue weighted by Gasteiger charge is -2.13. The number of carbonyl (C=O) groups excluding carboxylic acids is 1. The number of anilines is 1. The van der Waals surface area contributed by atoms with Crippen molar-refractivity contribution < 1.29 is 14.8 Å².